The zero-order chi connectivity index (χ0) is 31.6. The molecule has 0 amide bonds. The molecule has 44 heavy (non-hydrogen) atoms. The van der Waals surface area contributed by atoms with Gasteiger partial charge in [0.05, 0.1) is 49.9 Å². The van der Waals surface area contributed by atoms with Crippen molar-refractivity contribution in [1.29, 1.82) is 0 Å². The number of aliphatic hydroxyl groups is 4. The van der Waals surface area contributed by atoms with E-state index in [1.807, 2.05) is 58.3 Å². The zero-order valence-corrected chi connectivity index (χ0v) is 25.2. The summed E-state index contributed by atoms with van der Waals surface area (Å²) in [6, 6.07) is 15.1. The second-order valence-electron chi connectivity index (χ2n) is 10.3. The Kier molecular flexibility index (Phi) is 15.4. The van der Waals surface area contributed by atoms with Crippen LogP contribution in [0, 0.1) is 0 Å². The molecule has 13 heteroatoms. The van der Waals surface area contributed by atoms with Crippen molar-refractivity contribution in [3.8, 4) is 0 Å². The first kappa shape index (κ1) is 34.8. The fourth-order valence-corrected chi connectivity index (χ4v) is 4.63. The minimum atomic E-state index is -0.298. The molecule has 13 nitrogen and oxygen atoms in total. The van der Waals surface area contributed by atoms with Crippen molar-refractivity contribution in [2.45, 2.75) is 19.3 Å². The molecule has 0 aliphatic carbocycles. The first-order chi connectivity index (χ1) is 21.4. The Balaban J connectivity index is 1.59. The summed E-state index contributed by atoms with van der Waals surface area (Å²) in [5.41, 5.74) is 9.46. The van der Waals surface area contributed by atoms with Crippen LogP contribution in [0.1, 0.15) is 19.3 Å². The van der Waals surface area contributed by atoms with Gasteiger partial charge in [0.1, 0.15) is 0 Å². The fraction of sp³-hybridized carbons (Fsp3) is 0.484. The number of nitrogens with zero attached hydrogens (tertiary/aromatic N) is 5. The highest BCUT2D eigenvalue weighted by atomic mass is 16.3. The number of carbonyl (C=O) groups is 1. The highest BCUT2D eigenvalue weighted by Crippen LogP contribution is 2.21. The number of benzene rings is 2. The summed E-state index contributed by atoms with van der Waals surface area (Å²) in [6.45, 7) is 5.47. The molecule has 8 N–H and O–H groups in total. The average molecular weight is 611 g/mol. The van der Waals surface area contributed by atoms with E-state index in [1.54, 1.807) is 0 Å². The lowest BCUT2D eigenvalue weighted by Gasteiger charge is -2.20. The van der Waals surface area contributed by atoms with E-state index in [0.717, 1.165) is 50.4 Å². The summed E-state index contributed by atoms with van der Waals surface area (Å²) in [5, 5.41) is 43.3. The van der Waals surface area contributed by atoms with Gasteiger partial charge in [-0.25, -0.2) is 15.0 Å². The number of anilines is 2. The number of aliphatic hydroxyl groups excluding tert-OH is 4. The molecular weight excluding hydrogens is 564 g/mol. The fourth-order valence-electron chi connectivity index (χ4n) is 4.63. The number of hydrogen-bond acceptors (Lipinski definition) is 12. The van der Waals surface area contributed by atoms with Crippen LogP contribution < -0.4 is 16.4 Å². The van der Waals surface area contributed by atoms with Gasteiger partial charge in [0.15, 0.2) is 11.7 Å². The summed E-state index contributed by atoms with van der Waals surface area (Å²) >= 11 is 0. The Morgan fingerprint density at radius 3 is 1.55 bits per heavy atom. The normalized spacial score (nSPS) is 15.4. The van der Waals surface area contributed by atoms with Crippen LogP contribution in [0.25, 0.3) is 0 Å². The van der Waals surface area contributed by atoms with Crippen molar-refractivity contribution in [3.63, 3.8) is 0 Å². The van der Waals surface area contributed by atoms with Crippen LogP contribution in [-0.2, 0) is 4.79 Å². The third-order valence-electron chi connectivity index (χ3n) is 6.96. The molecule has 0 aromatic heterocycles. The van der Waals surface area contributed by atoms with Gasteiger partial charge in [0.25, 0.3) is 0 Å². The van der Waals surface area contributed by atoms with Gasteiger partial charge in [0.2, 0.25) is 5.78 Å². The van der Waals surface area contributed by atoms with Crippen LogP contribution >= 0.6 is 0 Å². The molecule has 0 bridgehead atoms. The molecule has 1 heterocycles. The van der Waals surface area contributed by atoms with Gasteiger partial charge in [-0.3, -0.25) is 14.6 Å². The van der Waals surface area contributed by atoms with Gasteiger partial charge in [-0.1, -0.05) is 0 Å². The molecule has 1 aliphatic rings. The molecule has 1 aliphatic heterocycles. The summed E-state index contributed by atoms with van der Waals surface area (Å²) < 4.78 is 0. The molecule has 0 saturated carbocycles. The predicted octanol–water partition coefficient (Wildman–Crippen LogP) is 0.997. The van der Waals surface area contributed by atoms with Crippen LogP contribution in [0.15, 0.2) is 63.5 Å². The molecular formula is C31H46N8O5. The number of amidine groups is 2. The van der Waals surface area contributed by atoms with E-state index >= 15 is 0 Å². The molecule has 0 spiro atoms. The predicted molar refractivity (Wildman–Crippen MR) is 176 cm³/mol. The maximum atomic E-state index is 12.3. The largest absolute Gasteiger partial charge is 0.395 e. The summed E-state index contributed by atoms with van der Waals surface area (Å²) in [6.07, 6.45) is 1.73. The van der Waals surface area contributed by atoms with Crippen LogP contribution in [0.3, 0.4) is 0 Å². The van der Waals surface area contributed by atoms with Gasteiger partial charge in [-0.05, 0) is 74.5 Å². The minimum Gasteiger partial charge on any atom is -0.395 e. The van der Waals surface area contributed by atoms with E-state index in [9.17, 15) is 4.79 Å². The lowest BCUT2D eigenvalue weighted by atomic mass is 10.1. The number of nitrogens with one attached hydrogen (secondary N) is 2. The van der Waals surface area contributed by atoms with Crippen molar-refractivity contribution in [1.82, 2.24) is 9.80 Å². The Labute approximate surface area is 258 Å². The Morgan fingerprint density at radius 2 is 1.11 bits per heavy atom. The highest BCUT2D eigenvalue weighted by molar-refractivity contribution is 6.58. The first-order valence-corrected chi connectivity index (χ1v) is 15.1. The van der Waals surface area contributed by atoms with Gasteiger partial charge in [-0.15, -0.1) is 0 Å². The number of nitrogens with two attached hydrogens (primary N) is 1. The monoisotopic (exact) mass is 610 g/mol. The van der Waals surface area contributed by atoms with E-state index in [0.29, 0.717) is 49.1 Å². The quantitative estimate of drug-likeness (QED) is 0.106. The number of ketones is 1. The molecule has 2 aromatic rings. The molecule has 2 aromatic carbocycles. The van der Waals surface area contributed by atoms with Crippen molar-refractivity contribution in [2.75, 3.05) is 89.4 Å². The Morgan fingerprint density at radius 1 is 0.682 bits per heavy atom. The number of hydrogen-bond donors (Lipinski definition) is 7. The van der Waals surface area contributed by atoms with Gasteiger partial charge >= 0.3 is 0 Å². The number of aliphatic imine (C=N–C) groups is 3. The smallest absolute Gasteiger partial charge is 0.203 e. The Bertz CT molecular complexity index is 1220. The molecule has 0 radical (unpaired) electrons. The van der Waals surface area contributed by atoms with Crippen molar-refractivity contribution < 1.29 is 25.2 Å². The van der Waals surface area contributed by atoms with Crippen LogP contribution in [0.2, 0.25) is 0 Å². The summed E-state index contributed by atoms with van der Waals surface area (Å²) in [5.74, 6) is -0.0878. The van der Waals surface area contributed by atoms with Crippen LogP contribution in [0.4, 0.5) is 22.7 Å². The second-order valence-corrected chi connectivity index (χ2v) is 10.3. The minimum absolute atomic E-state index is 0.00949. The maximum Gasteiger partial charge on any atom is 0.203 e. The third kappa shape index (κ3) is 12.1. The van der Waals surface area contributed by atoms with Crippen molar-refractivity contribution >= 4 is 45.9 Å². The highest BCUT2D eigenvalue weighted by Gasteiger charge is 2.23. The lowest BCUT2D eigenvalue weighted by molar-refractivity contribution is -0.112. The van der Waals surface area contributed by atoms with Gasteiger partial charge in [0, 0.05) is 50.6 Å². The summed E-state index contributed by atoms with van der Waals surface area (Å²) in [4.78, 5) is 29.9. The van der Waals surface area contributed by atoms with Crippen LogP contribution in [0.5, 0.6) is 0 Å². The van der Waals surface area contributed by atoms with E-state index in [2.05, 4.69) is 25.6 Å². The number of rotatable bonds is 20. The zero-order valence-electron chi connectivity index (χ0n) is 25.2. The molecule has 0 atom stereocenters. The molecule has 240 valence electrons. The Hall–Kier alpha value is -3.72. The van der Waals surface area contributed by atoms with Crippen molar-refractivity contribution in [3.05, 3.63) is 48.5 Å². The lowest BCUT2D eigenvalue weighted by Crippen LogP contribution is -2.34. The van der Waals surface area contributed by atoms with E-state index in [4.69, 9.17) is 26.2 Å². The molecule has 0 unspecified atom stereocenters. The standard InChI is InChI=1S/C31H46N8O5/c32-30-29(44)23-28(35-26-7-3-24(4-8-26)33-11-1-13-38(15-19-40)16-20-41)31(37-30)36-27-9-5-25(6-10-27)34-12-2-14-39(17-21-42)18-22-43/h3-10,33-34,40-43H,1-2,11-23H2,(H2,32,36,37). The van der Waals surface area contributed by atoms with Crippen LogP contribution in [-0.4, -0.2) is 132 Å². The maximum absolute atomic E-state index is 12.3. The van der Waals surface area contributed by atoms with Gasteiger partial charge < -0.3 is 36.8 Å². The third-order valence-corrected chi connectivity index (χ3v) is 6.96. The van der Waals surface area contributed by atoms with E-state index in [1.165, 1.54) is 0 Å². The average Bonchev–Trinajstić information content (AvgIpc) is 3.02. The number of carbonyl (C=O) groups excluding carboxylic acids is 1. The topological polar surface area (TPSA) is 192 Å². The molecule has 3 rings (SSSR count). The molecule has 0 fully saturated rings. The van der Waals surface area contributed by atoms with Crippen molar-refractivity contribution in [2.24, 2.45) is 20.7 Å². The van der Waals surface area contributed by atoms with E-state index < -0.39 is 0 Å². The van der Waals surface area contributed by atoms with E-state index in [-0.39, 0.29) is 44.5 Å². The molecule has 0 saturated heterocycles. The SMILES string of the molecule is NC1=NC(=Nc2ccc(NCCCN(CCO)CCO)cc2)C(=Nc2ccc(NCCCN(CCO)CCO)cc2)CC1=O. The summed E-state index contributed by atoms with van der Waals surface area (Å²) in [7, 11) is 0. The number of Topliss-reactive ketones (excluding diaryl/α,β-unsaturated/α-hetero) is 1. The second kappa shape index (κ2) is 19.5. The van der Waals surface area contributed by atoms with Gasteiger partial charge in [-0.2, -0.15) is 0 Å². The first-order valence-electron chi connectivity index (χ1n) is 15.1.